The molecule has 2 nitrogen and oxygen atoms in total. The first-order valence-corrected chi connectivity index (χ1v) is 7.23. The van der Waals surface area contributed by atoms with E-state index < -0.39 is 0 Å². The van der Waals surface area contributed by atoms with Gasteiger partial charge in [0.05, 0.1) is 0 Å². The van der Waals surface area contributed by atoms with Crippen LogP contribution in [0.3, 0.4) is 0 Å². The van der Waals surface area contributed by atoms with E-state index >= 15 is 0 Å². The molecule has 0 amide bonds. The monoisotopic (exact) mass is 286 g/mol. The van der Waals surface area contributed by atoms with Crippen LogP contribution < -0.4 is 5.32 Å². The molecule has 0 aromatic carbocycles. The molecule has 1 aliphatic heterocycles. The highest BCUT2D eigenvalue weighted by Gasteiger charge is 2.13. The van der Waals surface area contributed by atoms with Crippen LogP contribution in [0.2, 0.25) is 0 Å². The Morgan fingerprint density at radius 1 is 1.40 bits per heavy atom. The van der Waals surface area contributed by atoms with Gasteiger partial charge in [0.1, 0.15) is 10.4 Å². The van der Waals surface area contributed by atoms with Crippen LogP contribution in [0.1, 0.15) is 12.8 Å². The number of hydrogen-bond donors (Lipinski definition) is 1. The maximum absolute atomic E-state index is 4.36. The average molecular weight is 287 g/mol. The van der Waals surface area contributed by atoms with Crippen LogP contribution in [0.25, 0.3) is 0 Å². The van der Waals surface area contributed by atoms with Crippen molar-refractivity contribution in [1.29, 1.82) is 0 Å². The Labute approximate surface area is 103 Å². The quantitative estimate of drug-likeness (QED) is 0.862. The van der Waals surface area contributed by atoms with E-state index in [4.69, 9.17) is 0 Å². The predicted molar refractivity (Wildman–Crippen MR) is 70.5 cm³/mol. The van der Waals surface area contributed by atoms with Gasteiger partial charge in [0.2, 0.25) is 0 Å². The van der Waals surface area contributed by atoms with Crippen LogP contribution in [0.4, 0.5) is 5.82 Å². The average Bonchev–Trinajstić information content (AvgIpc) is 2.28. The second-order valence-corrected chi connectivity index (χ2v) is 5.82. The lowest BCUT2D eigenvalue weighted by Crippen LogP contribution is -2.19. The summed E-state index contributed by atoms with van der Waals surface area (Å²) in [6.45, 7) is 1.06. The fourth-order valence-electron chi connectivity index (χ4n) is 1.71. The van der Waals surface area contributed by atoms with E-state index in [0.717, 1.165) is 22.9 Å². The molecule has 4 heteroatoms. The third-order valence-electron chi connectivity index (χ3n) is 2.63. The molecule has 1 N–H and O–H groups in total. The van der Waals surface area contributed by atoms with Gasteiger partial charge in [-0.2, -0.15) is 11.8 Å². The molecule has 15 heavy (non-hydrogen) atoms. The smallest absolute Gasteiger partial charge is 0.127 e. The van der Waals surface area contributed by atoms with Crippen molar-refractivity contribution in [3.05, 3.63) is 22.8 Å². The molecule has 1 aliphatic rings. The molecule has 0 bridgehead atoms. The summed E-state index contributed by atoms with van der Waals surface area (Å²) < 4.78 is 0.895. The number of rotatable bonds is 3. The summed E-state index contributed by atoms with van der Waals surface area (Å²) in [6.07, 6.45) is 2.68. The number of nitrogens with one attached hydrogen (secondary N) is 1. The summed E-state index contributed by atoms with van der Waals surface area (Å²) in [6, 6.07) is 5.97. The SMILES string of the molecule is Brc1cccc(NCC2CCSCC2)n1. The van der Waals surface area contributed by atoms with Crippen LogP contribution >= 0.6 is 27.7 Å². The lowest BCUT2D eigenvalue weighted by Gasteiger charge is -2.21. The fraction of sp³-hybridized carbons (Fsp3) is 0.545. The molecule has 1 fully saturated rings. The maximum atomic E-state index is 4.36. The van der Waals surface area contributed by atoms with Crippen molar-refractivity contribution in [1.82, 2.24) is 4.98 Å². The molecule has 0 radical (unpaired) electrons. The molecular formula is C11H15BrN2S. The zero-order valence-electron chi connectivity index (χ0n) is 8.58. The van der Waals surface area contributed by atoms with Gasteiger partial charge in [-0.1, -0.05) is 6.07 Å². The van der Waals surface area contributed by atoms with E-state index in [-0.39, 0.29) is 0 Å². The Hall–Kier alpha value is -0.220. The summed E-state index contributed by atoms with van der Waals surface area (Å²) in [7, 11) is 0. The molecule has 1 aromatic heterocycles. The van der Waals surface area contributed by atoms with Crippen molar-refractivity contribution in [2.45, 2.75) is 12.8 Å². The highest BCUT2D eigenvalue weighted by molar-refractivity contribution is 9.10. The summed E-state index contributed by atoms with van der Waals surface area (Å²) in [5.41, 5.74) is 0. The van der Waals surface area contributed by atoms with Gasteiger partial charge in [0.25, 0.3) is 0 Å². The summed E-state index contributed by atoms with van der Waals surface area (Å²) in [5, 5.41) is 3.40. The van der Waals surface area contributed by atoms with Crippen LogP contribution in [0.15, 0.2) is 22.8 Å². The van der Waals surface area contributed by atoms with Crippen molar-refractivity contribution >= 4 is 33.5 Å². The van der Waals surface area contributed by atoms with Crippen LogP contribution in [-0.2, 0) is 0 Å². The minimum atomic E-state index is 0.826. The summed E-state index contributed by atoms with van der Waals surface area (Å²) >= 11 is 5.45. The van der Waals surface area contributed by atoms with E-state index in [1.807, 2.05) is 18.2 Å². The second-order valence-electron chi connectivity index (χ2n) is 3.78. The molecule has 2 rings (SSSR count). The summed E-state index contributed by atoms with van der Waals surface area (Å²) in [5.74, 6) is 4.44. The Balaban J connectivity index is 1.81. The maximum Gasteiger partial charge on any atom is 0.127 e. The number of anilines is 1. The first-order chi connectivity index (χ1) is 7.34. The first-order valence-electron chi connectivity index (χ1n) is 5.29. The van der Waals surface area contributed by atoms with Gasteiger partial charge in [0, 0.05) is 6.54 Å². The minimum Gasteiger partial charge on any atom is -0.370 e. The van der Waals surface area contributed by atoms with Gasteiger partial charge in [-0.05, 0) is 58.3 Å². The van der Waals surface area contributed by atoms with Crippen LogP contribution in [-0.4, -0.2) is 23.0 Å². The molecule has 0 unspecified atom stereocenters. The van der Waals surface area contributed by atoms with Crippen molar-refractivity contribution in [2.75, 3.05) is 23.4 Å². The predicted octanol–water partition coefficient (Wildman–Crippen LogP) is 3.40. The first kappa shape index (κ1) is 11.3. The van der Waals surface area contributed by atoms with Gasteiger partial charge in [-0.15, -0.1) is 0 Å². The standard InChI is InChI=1S/C11H15BrN2S/c12-10-2-1-3-11(14-10)13-8-9-4-6-15-7-5-9/h1-3,9H,4-8H2,(H,13,14). The number of thioether (sulfide) groups is 1. The molecule has 2 heterocycles. The van der Waals surface area contributed by atoms with E-state index in [1.54, 1.807) is 0 Å². The Kier molecular flexibility index (Phi) is 4.32. The molecule has 0 atom stereocenters. The topological polar surface area (TPSA) is 24.9 Å². The number of aromatic nitrogens is 1. The lowest BCUT2D eigenvalue weighted by molar-refractivity contribution is 0.515. The Morgan fingerprint density at radius 2 is 2.20 bits per heavy atom. The van der Waals surface area contributed by atoms with E-state index in [9.17, 15) is 0 Å². The Bertz CT molecular complexity index is 313. The van der Waals surface area contributed by atoms with Gasteiger partial charge in [-0.3, -0.25) is 0 Å². The van der Waals surface area contributed by atoms with Crippen molar-refractivity contribution < 1.29 is 0 Å². The highest BCUT2D eigenvalue weighted by atomic mass is 79.9. The van der Waals surface area contributed by atoms with Gasteiger partial charge < -0.3 is 5.32 Å². The largest absolute Gasteiger partial charge is 0.370 e. The molecule has 82 valence electrons. The zero-order chi connectivity index (χ0) is 10.5. The number of hydrogen-bond acceptors (Lipinski definition) is 3. The molecule has 1 aromatic rings. The molecule has 1 saturated heterocycles. The van der Waals surface area contributed by atoms with Crippen molar-refractivity contribution in [2.24, 2.45) is 5.92 Å². The molecule has 0 aliphatic carbocycles. The molecule has 0 spiro atoms. The normalized spacial score (nSPS) is 17.7. The van der Waals surface area contributed by atoms with E-state index in [1.165, 1.54) is 24.3 Å². The zero-order valence-corrected chi connectivity index (χ0v) is 11.0. The van der Waals surface area contributed by atoms with Crippen molar-refractivity contribution in [3.63, 3.8) is 0 Å². The van der Waals surface area contributed by atoms with Crippen molar-refractivity contribution in [3.8, 4) is 0 Å². The third kappa shape index (κ3) is 3.68. The fourth-order valence-corrected chi connectivity index (χ4v) is 3.25. The Morgan fingerprint density at radius 3 is 2.93 bits per heavy atom. The second kappa shape index (κ2) is 5.75. The number of pyridine rings is 1. The van der Waals surface area contributed by atoms with Gasteiger partial charge in [-0.25, -0.2) is 4.98 Å². The van der Waals surface area contributed by atoms with E-state index in [0.29, 0.717) is 0 Å². The molecular weight excluding hydrogens is 272 g/mol. The van der Waals surface area contributed by atoms with E-state index in [2.05, 4.69) is 38.0 Å². The minimum absolute atomic E-state index is 0.826. The highest BCUT2D eigenvalue weighted by Crippen LogP contribution is 2.22. The summed E-state index contributed by atoms with van der Waals surface area (Å²) in [4.78, 5) is 4.36. The van der Waals surface area contributed by atoms with Crippen LogP contribution in [0, 0.1) is 5.92 Å². The molecule has 0 saturated carbocycles. The number of halogens is 1. The van der Waals surface area contributed by atoms with Gasteiger partial charge >= 0.3 is 0 Å². The van der Waals surface area contributed by atoms with Gasteiger partial charge in [0.15, 0.2) is 0 Å². The number of nitrogens with zero attached hydrogens (tertiary/aromatic N) is 1. The lowest BCUT2D eigenvalue weighted by atomic mass is 10.0. The third-order valence-corrected chi connectivity index (χ3v) is 4.12. The van der Waals surface area contributed by atoms with Crippen LogP contribution in [0.5, 0.6) is 0 Å².